The van der Waals surface area contributed by atoms with Crippen molar-refractivity contribution < 1.29 is 4.79 Å². The Morgan fingerprint density at radius 3 is 2.59 bits per heavy atom. The molecule has 0 radical (unpaired) electrons. The Labute approximate surface area is 106 Å². The van der Waals surface area contributed by atoms with Crippen molar-refractivity contribution >= 4 is 5.91 Å². The Morgan fingerprint density at radius 2 is 2.00 bits per heavy atom. The van der Waals surface area contributed by atoms with Crippen LogP contribution in [0.25, 0.3) is 0 Å². The first-order valence-electron chi connectivity index (χ1n) is 7.11. The predicted octanol–water partition coefficient (Wildman–Crippen LogP) is 2.59. The summed E-state index contributed by atoms with van der Waals surface area (Å²) >= 11 is 0. The van der Waals surface area contributed by atoms with Gasteiger partial charge in [-0.25, -0.2) is 0 Å². The zero-order valence-corrected chi connectivity index (χ0v) is 11.6. The summed E-state index contributed by atoms with van der Waals surface area (Å²) in [6.07, 6.45) is 7.75. The number of nitrogens with two attached hydrogens (primary N) is 1. The molecule has 1 amide bonds. The normalized spacial score (nSPS) is 28.5. The highest BCUT2D eigenvalue weighted by atomic mass is 16.2. The highest BCUT2D eigenvalue weighted by Gasteiger charge is 2.32. The Bertz CT molecular complexity index is 251. The fourth-order valence-electron chi connectivity index (χ4n) is 2.85. The van der Waals surface area contributed by atoms with Crippen LogP contribution in [0.3, 0.4) is 0 Å². The van der Waals surface area contributed by atoms with Crippen LogP contribution in [0, 0.1) is 5.92 Å². The number of carbonyl (C=O) groups excluding carboxylic acids is 1. The Balaban J connectivity index is 2.54. The third kappa shape index (κ3) is 3.98. The van der Waals surface area contributed by atoms with Gasteiger partial charge in [0.05, 0.1) is 5.54 Å². The summed E-state index contributed by atoms with van der Waals surface area (Å²) in [7, 11) is 0. The van der Waals surface area contributed by atoms with Gasteiger partial charge in [-0.15, -0.1) is 0 Å². The highest BCUT2D eigenvalue weighted by molar-refractivity contribution is 5.85. The number of carbonyl (C=O) groups is 1. The van der Waals surface area contributed by atoms with Gasteiger partial charge in [0.2, 0.25) is 5.91 Å². The SMILES string of the molecule is CCCC(C)(N)C(=O)NC1CCCCC1CC. The van der Waals surface area contributed by atoms with Crippen molar-refractivity contribution in [3.63, 3.8) is 0 Å². The second-order valence-corrected chi connectivity index (χ2v) is 5.70. The maximum atomic E-state index is 12.1. The summed E-state index contributed by atoms with van der Waals surface area (Å²) in [6, 6.07) is 0.348. The molecule has 1 rings (SSSR count). The van der Waals surface area contributed by atoms with Crippen LogP contribution in [0.5, 0.6) is 0 Å². The lowest BCUT2D eigenvalue weighted by Gasteiger charge is -2.34. The van der Waals surface area contributed by atoms with Crippen molar-refractivity contribution in [2.45, 2.75) is 77.3 Å². The van der Waals surface area contributed by atoms with E-state index in [0.717, 1.165) is 25.7 Å². The van der Waals surface area contributed by atoms with Gasteiger partial charge in [-0.05, 0) is 32.1 Å². The molecular formula is C14H28N2O. The van der Waals surface area contributed by atoms with E-state index in [4.69, 9.17) is 5.73 Å². The van der Waals surface area contributed by atoms with Gasteiger partial charge < -0.3 is 11.1 Å². The minimum atomic E-state index is -0.704. The van der Waals surface area contributed by atoms with Crippen LogP contribution in [-0.2, 0) is 4.79 Å². The van der Waals surface area contributed by atoms with E-state index in [1.165, 1.54) is 19.3 Å². The molecule has 0 aromatic carbocycles. The number of rotatable bonds is 5. The van der Waals surface area contributed by atoms with Crippen LogP contribution in [0.15, 0.2) is 0 Å². The molecule has 17 heavy (non-hydrogen) atoms. The molecule has 0 heterocycles. The van der Waals surface area contributed by atoms with Crippen LogP contribution < -0.4 is 11.1 Å². The van der Waals surface area contributed by atoms with E-state index in [1.54, 1.807) is 0 Å². The van der Waals surface area contributed by atoms with Gasteiger partial charge in [0, 0.05) is 6.04 Å². The molecule has 3 nitrogen and oxygen atoms in total. The Hall–Kier alpha value is -0.570. The molecule has 0 bridgehead atoms. The first kappa shape index (κ1) is 14.5. The average Bonchev–Trinajstić information content (AvgIpc) is 2.29. The number of nitrogens with one attached hydrogen (secondary N) is 1. The second-order valence-electron chi connectivity index (χ2n) is 5.70. The van der Waals surface area contributed by atoms with Crippen molar-refractivity contribution in [3.8, 4) is 0 Å². The maximum absolute atomic E-state index is 12.1. The van der Waals surface area contributed by atoms with Crippen LogP contribution >= 0.6 is 0 Å². The second kappa shape index (κ2) is 6.39. The number of amides is 1. The van der Waals surface area contributed by atoms with Gasteiger partial charge in [0.1, 0.15) is 0 Å². The molecule has 100 valence electrons. The molecular weight excluding hydrogens is 212 g/mol. The summed E-state index contributed by atoms with van der Waals surface area (Å²) < 4.78 is 0. The minimum absolute atomic E-state index is 0.0321. The maximum Gasteiger partial charge on any atom is 0.240 e. The lowest BCUT2D eigenvalue weighted by molar-refractivity contribution is -0.127. The highest BCUT2D eigenvalue weighted by Crippen LogP contribution is 2.27. The zero-order valence-electron chi connectivity index (χ0n) is 11.6. The van der Waals surface area contributed by atoms with Crippen LogP contribution in [0.4, 0.5) is 0 Å². The van der Waals surface area contributed by atoms with E-state index in [9.17, 15) is 4.79 Å². The van der Waals surface area contributed by atoms with Crippen LogP contribution in [-0.4, -0.2) is 17.5 Å². The van der Waals surface area contributed by atoms with Crippen molar-refractivity contribution in [1.29, 1.82) is 0 Å². The molecule has 0 spiro atoms. The van der Waals surface area contributed by atoms with Gasteiger partial charge in [0.25, 0.3) is 0 Å². The summed E-state index contributed by atoms with van der Waals surface area (Å²) in [4.78, 5) is 12.1. The van der Waals surface area contributed by atoms with Crippen molar-refractivity contribution in [1.82, 2.24) is 5.32 Å². The predicted molar refractivity (Wildman–Crippen MR) is 71.7 cm³/mol. The molecule has 3 unspecified atom stereocenters. The van der Waals surface area contributed by atoms with E-state index < -0.39 is 5.54 Å². The Morgan fingerprint density at radius 1 is 1.35 bits per heavy atom. The molecule has 0 saturated heterocycles. The van der Waals surface area contributed by atoms with E-state index >= 15 is 0 Å². The van der Waals surface area contributed by atoms with Crippen molar-refractivity contribution in [3.05, 3.63) is 0 Å². The lowest BCUT2D eigenvalue weighted by atomic mass is 9.82. The van der Waals surface area contributed by atoms with E-state index in [2.05, 4.69) is 19.2 Å². The molecule has 0 aliphatic heterocycles. The topological polar surface area (TPSA) is 55.1 Å². The first-order valence-corrected chi connectivity index (χ1v) is 7.11. The number of hydrogen-bond acceptors (Lipinski definition) is 2. The summed E-state index contributed by atoms with van der Waals surface area (Å²) in [6.45, 7) is 6.12. The minimum Gasteiger partial charge on any atom is -0.352 e. The fourth-order valence-corrected chi connectivity index (χ4v) is 2.85. The zero-order chi connectivity index (χ0) is 12.9. The molecule has 3 heteroatoms. The monoisotopic (exact) mass is 240 g/mol. The van der Waals surface area contributed by atoms with Gasteiger partial charge in [-0.2, -0.15) is 0 Å². The molecule has 0 aromatic heterocycles. The smallest absolute Gasteiger partial charge is 0.240 e. The molecule has 3 N–H and O–H groups in total. The first-order chi connectivity index (χ1) is 8.01. The molecule has 1 aliphatic rings. The van der Waals surface area contributed by atoms with Gasteiger partial charge in [-0.3, -0.25) is 4.79 Å². The van der Waals surface area contributed by atoms with Gasteiger partial charge >= 0.3 is 0 Å². The van der Waals surface area contributed by atoms with Gasteiger partial charge in [-0.1, -0.05) is 39.5 Å². The molecule has 1 aliphatic carbocycles. The van der Waals surface area contributed by atoms with Crippen LogP contribution in [0.2, 0.25) is 0 Å². The largest absolute Gasteiger partial charge is 0.352 e. The number of hydrogen-bond donors (Lipinski definition) is 2. The lowest BCUT2D eigenvalue weighted by Crippen LogP contribution is -2.55. The molecule has 3 atom stereocenters. The van der Waals surface area contributed by atoms with Crippen molar-refractivity contribution in [2.24, 2.45) is 11.7 Å². The molecule has 0 aromatic rings. The van der Waals surface area contributed by atoms with E-state index in [1.807, 2.05) is 6.92 Å². The fraction of sp³-hybridized carbons (Fsp3) is 0.929. The molecule has 1 saturated carbocycles. The third-order valence-corrected chi connectivity index (χ3v) is 4.04. The standard InChI is InChI=1S/C14H28N2O/c1-4-10-14(3,15)13(17)16-12-9-7-6-8-11(12)5-2/h11-12H,4-10,15H2,1-3H3,(H,16,17). The average molecular weight is 240 g/mol. The summed E-state index contributed by atoms with van der Waals surface area (Å²) in [5.74, 6) is 0.676. The van der Waals surface area contributed by atoms with Crippen LogP contribution in [0.1, 0.15) is 65.7 Å². The van der Waals surface area contributed by atoms with Gasteiger partial charge in [0.15, 0.2) is 0 Å². The van der Waals surface area contributed by atoms with Crippen molar-refractivity contribution in [2.75, 3.05) is 0 Å². The summed E-state index contributed by atoms with van der Waals surface area (Å²) in [5, 5.41) is 3.18. The summed E-state index contributed by atoms with van der Waals surface area (Å²) in [5.41, 5.74) is 5.36. The Kier molecular flexibility index (Phi) is 5.44. The third-order valence-electron chi connectivity index (χ3n) is 4.04. The van der Waals surface area contributed by atoms with E-state index in [0.29, 0.717) is 12.0 Å². The molecule has 1 fully saturated rings. The quantitative estimate of drug-likeness (QED) is 0.776. The van der Waals surface area contributed by atoms with E-state index in [-0.39, 0.29) is 5.91 Å².